The topological polar surface area (TPSA) is 17.1 Å². The zero-order valence-electron chi connectivity index (χ0n) is 10.5. The van der Waals surface area contributed by atoms with Crippen molar-refractivity contribution in [1.29, 1.82) is 0 Å². The van der Waals surface area contributed by atoms with Crippen LogP contribution in [0.2, 0.25) is 0 Å². The highest BCUT2D eigenvalue weighted by Gasteiger charge is 2.46. The van der Waals surface area contributed by atoms with Gasteiger partial charge in [0.15, 0.2) is 0 Å². The molecule has 0 bridgehead atoms. The van der Waals surface area contributed by atoms with Gasteiger partial charge in [-0.1, -0.05) is 37.6 Å². The second-order valence-corrected chi connectivity index (χ2v) is 5.66. The van der Waals surface area contributed by atoms with Crippen molar-refractivity contribution in [1.82, 2.24) is 0 Å². The van der Waals surface area contributed by atoms with Crippen molar-refractivity contribution in [2.45, 2.75) is 50.9 Å². The van der Waals surface area contributed by atoms with Gasteiger partial charge in [0.05, 0.1) is 0 Å². The lowest BCUT2D eigenvalue weighted by molar-refractivity contribution is -0.121. The van der Waals surface area contributed by atoms with E-state index in [9.17, 15) is 4.79 Å². The predicted octanol–water partition coefficient (Wildman–Crippen LogP) is 3.65. The average Bonchev–Trinajstić information content (AvgIpc) is 2.68. The third-order valence-electron chi connectivity index (χ3n) is 4.99. The summed E-state index contributed by atoms with van der Waals surface area (Å²) in [4.78, 5) is 11.5. The molecule has 0 heterocycles. The minimum atomic E-state index is 0.333. The fourth-order valence-electron chi connectivity index (χ4n) is 4.05. The van der Waals surface area contributed by atoms with Crippen LogP contribution in [0.5, 0.6) is 0 Å². The molecule has 1 fully saturated rings. The molecule has 2 aliphatic carbocycles. The van der Waals surface area contributed by atoms with Gasteiger partial charge >= 0.3 is 0 Å². The number of hydrogen-bond acceptors (Lipinski definition) is 1. The first-order chi connectivity index (χ1) is 8.26. The Labute approximate surface area is 103 Å². The molecule has 1 spiro atoms. The summed E-state index contributed by atoms with van der Waals surface area (Å²) in [6.45, 7) is 2.30. The zero-order valence-corrected chi connectivity index (χ0v) is 10.5. The molecule has 0 saturated heterocycles. The highest BCUT2D eigenvalue weighted by molar-refractivity contribution is 5.79. The van der Waals surface area contributed by atoms with Crippen molar-refractivity contribution in [3.05, 3.63) is 35.4 Å². The minimum Gasteiger partial charge on any atom is -0.300 e. The number of hydrogen-bond donors (Lipinski definition) is 0. The number of fused-ring (bicyclic) bond motifs is 2. The van der Waals surface area contributed by atoms with Crippen LogP contribution < -0.4 is 0 Å². The fraction of sp³-hybridized carbons (Fsp3) is 0.562. The molecule has 0 aromatic heterocycles. The summed E-state index contributed by atoms with van der Waals surface area (Å²) >= 11 is 0. The second-order valence-electron chi connectivity index (χ2n) is 5.66. The molecule has 17 heavy (non-hydrogen) atoms. The van der Waals surface area contributed by atoms with Gasteiger partial charge in [0.1, 0.15) is 5.78 Å². The lowest BCUT2D eigenvalue weighted by Gasteiger charge is -2.39. The van der Waals surface area contributed by atoms with E-state index >= 15 is 0 Å². The largest absolute Gasteiger partial charge is 0.300 e. The molecule has 0 radical (unpaired) electrons. The first kappa shape index (κ1) is 11.0. The molecular formula is C16H20O. The van der Waals surface area contributed by atoms with Crippen LogP contribution in [-0.4, -0.2) is 5.78 Å². The van der Waals surface area contributed by atoms with Gasteiger partial charge in [-0.3, -0.25) is 4.79 Å². The third kappa shape index (κ3) is 1.55. The van der Waals surface area contributed by atoms with Crippen molar-refractivity contribution in [3.8, 4) is 0 Å². The summed E-state index contributed by atoms with van der Waals surface area (Å²) in [7, 11) is 0. The van der Waals surface area contributed by atoms with Crippen LogP contribution in [0.1, 0.15) is 50.2 Å². The van der Waals surface area contributed by atoms with Gasteiger partial charge in [0, 0.05) is 12.8 Å². The maximum Gasteiger partial charge on any atom is 0.132 e. The van der Waals surface area contributed by atoms with Crippen LogP contribution >= 0.6 is 0 Å². The zero-order chi connectivity index (χ0) is 11.9. The van der Waals surface area contributed by atoms with Crippen LogP contribution in [0, 0.1) is 5.92 Å². The van der Waals surface area contributed by atoms with E-state index in [0.717, 1.165) is 31.6 Å². The van der Waals surface area contributed by atoms with Gasteiger partial charge in [-0.15, -0.1) is 0 Å². The molecule has 1 saturated carbocycles. The van der Waals surface area contributed by atoms with E-state index in [1.54, 1.807) is 5.56 Å². The SMILES string of the molecule is CCC1Cc2ccccc2C12CCC(=O)CC2. The number of ketones is 1. The number of Topliss-reactive ketones (excluding diaryl/α,β-unsaturated/α-hetero) is 1. The Morgan fingerprint density at radius 1 is 1.24 bits per heavy atom. The van der Waals surface area contributed by atoms with E-state index in [0.29, 0.717) is 11.2 Å². The lowest BCUT2D eigenvalue weighted by Crippen LogP contribution is -2.36. The van der Waals surface area contributed by atoms with Crippen molar-refractivity contribution >= 4 is 5.78 Å². The summed E-state index contributed by atoms with van der Waals surface area (Å²) < 4.78 is 0. The van der Waals surface area contributed by atoms with E-state index in [-0.39, 0.29) is 0 Å². The highest BCUT2D eigenvalue weighted by Crippen LogP contribution is 2.52. The standard InChI is InChI=1S/C16H20O/c1-2-13-11-12-5-3-4-6-15(12)16(13)9-7-14(17)8-10-16/h3-6,13H,2,7-11H2,1H3. The predicted molar refractivity (Wildman–Crippen MR) is 69.1 cm³/mol. The molecule has 1 nitrogen and oxygen atoms in total. The normalized spacial score (nSPS) is 26.2. The second kappa shape index (κ2) is 3.97. The molecule has 0 N–H and O–H groups in total. The Balaban J connectivity index is 2.03. The van der Waals surface area contributed by atoms with Gasteiger partial charge in [-0.2, -0.15) is 0 Å². The van der Waals surface area contributed by atoms with Gasteiger partial charge in [0.2, 0.25) is 0 Å². The first-order valence-corrected chi connectivity index (χ1v) is 6.86. The molecule has 1 atom stereocenters. The third-order valence-corrected chi connectivity index (χ3v) is 4.99. The van der Waals surface area contributed by atoms with E-state index < -0.39 is 0 Å². The van der Waals surface area contributed by atoms with Crippen molar-refractivity contribution < 1.29 is 4.79 Å². The summed E-state index contributed by atoms with van der Waals surface area (Å²) in [5, 5.41) is 0. The molecule has 3 rings (SSSR count). The summed E-state index contributed by atoms with van der Waals surface area (Å²) in [5.41, 5.74) is 3.42. The molecule has 2 aliphatic rings. The van der Waals surface area contributed by atoms with Gasteiger partial charge in [-0.25, -0.2) is 0 Å². The molecule has 1 unspecified atom stereocenters. The van der Waals surface area contributed by atoms with Crippen LogP contribution in [0.3, 0.4) is 0 Å². The maximum atomic E-state index is 11.5. The monoisotopic (exact) mass is 228 g/mol. The van der Waals surface area contributed by atoms with Gasteiger partial charge < -0.3 is 0 Å². The quantitative estimate of drug-likeness (QED) is 0.717. The van der Waals surface area contributed by atoms with Crippen molar-refractivity contribution in [2.75, 3.05) is 0 Å². The van der Waals surface area contributed by atoms with Gasteiger partial charge in [0.25, 0.3) is 0 Å². The number of carbonyl (C=O) groups is 1. The molecule has 0 aliphatic heterocycles. The Morgan fingerprint density at radius 3 is 2.65 bits per heavy atom. The number of benzene rings is 1. The average molecular weight is 228 g/mol. The molecule has 90 valence electrons. The van der Waals surface area contributed by atoms with Crippen LogP contribution in [-0.2, 0) is 16.6 Å². The van der Waals surface area contributed by atoms with Crippen LogP contribution in [0.4, 0.5) is 0 Å². The first-order valence-electron chi connectivity index (χ1n) is 6.86. The molecular weight excluding hydrogens is 208 g/mol. The van der Waals surface area contributed by atoms with E-state index in [2.05, 4.69) is 31.2 Å². The maximum absolute atomic E-state index is 11.5. The summed E-state index contributed by atoms with van der Waals surface area (Å²) in [6.07, 6.45) is 6.22. The molecule has 1 aromatic carbocycles. The van der Waals surface area contributed by atoms with Crippen molar-refractivity contribution in [3.63, 3.8) is 0 Å². The van der Waals surface area contributed by atoms with E-state index in [1.807, 2.05) is 0 Å². The van der Waals surface area contributed by atoms with E-state index in [1.165, 1.54) is 18.4 Å². The highest BCUT2D eigenvalue weighted by atomic mass is 16.1. The van der Waals surface area contributed by atoms with E-state index in [4.69, 9.17) is 0 Å². The Bertz CT molecular complexity index is 437. The lowest BCUT2D eigenvalue weighted by atomic mass is 9.64. The molecule has 1 heteroatoms. The fourth-order valence-corrected chi connectivity index (χ4v) is 4.05. The Hall–Kier alpha value is -1.11. The van der Waals surface area contributed by atoms with Crippen molar-refractivity contribution in [2.24, 2.45) is 5.92 Å². The Morgan fingerprint density at radius 2 is 1.94 bits per heavy atom. The molecule has 1 aromatic rings. The summed E-state index contributed by atoms with van der Waals surface area (Å²) in [5.74, 6) is 1.22. The van der Waals surface area contributed by atoms with Crippen LogP contribution in [0.25, 0.3) is 0 Å². The smallest absolute Gasteiger partial charge is 0.132 e. The summed E-state index contributed by atoms with van der Waals surface area (Å²) in [6, 6.07) is 8.90. The van der Waals surface area contributed by atoms with Gasteiger partial charge in [-0.05, 0) is 41.7 Å². The Kier molecular flexibility index (Phi) is 2.57. The minimum absolute atomic E-state index is 0.333. The van der Waals surface area contributed by atoms with Crippen LogP contribution in [0.15, 0.2) is 24.3 Å². The number of rotatable bonds is 1. The number of carbonyl (C=O) groups excluding carboxylic acids is 1. The molecule has 0 amide bonds.